The Morgan fingerprint density at radius 1 is 1.56 bits per heavy atom. The first-order valence-corrected chi connectivity index (χ1v) is 5.18. The van der Waals surface area contributed by atoms with Gasteiger partial charge >= 0.3 is 0 Å². The smallest absolute Gasteiger partial charge is 0.257 e. The molecular weight excluding hydrogens is 228 g/mol. The van der Waals surface area contributed by atoms with Crippen molar-refractivity contribution in [1.29, 1.82) is 0 Å². The van der Waals surface area contributed by atoms with E-state index in [2.05, 4.69) is 0 Å². The SMILES string of the molecule is CCN(C(=O)c1coc(CN)c1)C(C)C.Cl. The zero-order valence-corrected chi connectivity index (χ0v) is 10.7. The van der Waals surface area contributed by atoms with Gasteiger partial charge in [-0.15, -0.1) is 12.4 Å². The number of carbonyl (C=O) groups is 1. The van der Waals surface area contributed by atoms with Crippen LogP contribution in [0, 0.1) is 0 Å². The average Bonchev–Trinajstić information content (AvgIpc) is 2.66. The Bertz CT molecular complexity index is 336. The zero-order chi connectivity index (χ0) is 11.4. The van der Waals surface area contributed by atoms with E-state index in [4.69, 9.17) is 10.2 Å². The molecule has 0 aliphatic rings. The third kappa shape index (κ3) is 3.25. The van der Waals surface area contributed by atoms with Crippen LogP contribution in [-0.4, -0.2) is 23.4 Å². The molecular formula is C11H19ClN2O2. The second-order valence-electron chi connectivity index (χ2n) is 3.69. The third-order valence-electron chi connectivity index (χ3n) is 2.33. The molecule has 1 rings (SSSR count). The number of amides is 1. The summed E-state index contributed by atoms with van der Waals surface area (Å²) in [6, 6.07) is 1.90. The molecule has 1 amide bonds. The van der Waals surface area contributed by atoms with Crippen molar-refractivity contribution in [3.8, 4) is 0 Å². The van der Waals surface area contributed by atoms with Gasteiger partial charge in [-0.05, 0) is 26.8 Å². The van der Waals surface area contributed by atoms with Crippen molar-refractivity contribution in [3.05, 3.63) is 23.7 Å². The van der Waals surface area contributed by atoms with Crippen LogP contribution in [0.5, 0.6) is 0 Å². The molecule has 0 fully saturated rings. The van der Waals surface area contributed by atoms with Gasteiger partial charge in [0.1, 0.15) is 12.0 Å². The maximum Gasteiger partial charge on any atom is 0.257 e. The fourth-order valence-corrected chi connectivity index (χ4v) is 1.51. The molecule has 1 aromatic heterocycles. The van der Waals surface area contributed by atoms with E-state index in [1.165, 1.54) is 6.26 Å². The molecule has 5 heteroatoms. The third-order valence-corrected chi connectivity index (χ3v) is 2.33. The Kier molecular flexibility index (Phi) is 6.14. The van der Waals surface area contributed by atoms with Gasteiger partial charge in [0.2, 0.25) is 0 Å². The summed E-state index contributed by atoms with van der Waals surface area (Å²) in [6.45, 7) is 6.96. The molecule has 0 radical (unpaired) electrons. The van der Waals surface area contributed by atoms with Gasteiger partial charge in [0.05, 0.1) is 12.1 Å². The molecule has 0 atom stereocenters. The van der Waals surface area contributed by atoms with Gasteiger partial charge < -0.3 is 15.1 Å². The van der Waals surface area contributed by atoms with Crippen molar-refractivity contribution >= 4 is 18.3 Å². The van der Waals surface area contributed by atoms with Crippen molar-refractivity contribution in [2.75, 3.05) is 6.54 Å². The summed E-state index contributed by atoms with van der Waals surface area (Å²) in [4.78, 5) is 13.8. The Labute approximate surface area is 102 Å². The molecule has 0 aliphatic heterocycles. The Morgan fingerprint density at radius 2 is 2.19 bits per heavy atom. The topological polar surface area (TPSA) is 59.5 Å². The zero-order valence-electron chi connectivity index (χ0n) is 9.90. The van der Waals surface area contributed by atoms with E-state index < -0.39 is 0 Å². The van der Waals surface area contributed by atoms with Gasteiger partial charge in [-0.3, -0.25) is 4.79 Å². The van der Waals surface area contributed by atoms with Crippen LogP contribution in [0.3, 0.4) is 0 Å². The summed E-state index contributed by atoms with van der Waals surface area (Å²) in [5.74, 6) is 0.633. The molecule has 0 bridgehead atoms. The van der Waals surface area contributed by atoms with E-state index in [1.54, 1.807) is 11.0 Å². The quantitative estimate of drug-likeness (QED) is 0.884. The number of nitrogens with two attached hydrogens (primary N) is 1. The Hall–Kier alpha value is -1.00. The molecule has 16 heavy (non-hydrogen) atoms. The van der Waals surface area contributed by atoms with E-state index in [0.717, 1.165) is 0 Å². The summed E-state index contributed by atoms with van der Waals surface area (Å²) in [5, 5.41) is 0. The molecule has 92 valence electrons. The van der Waals surface area contributed by atoms with Crippen LogP contribution in [0.15, 0.2) is 16.7 Å². The largest absolute Gasteiger partial charge is 0.467 e. The highest BCUT2D eigenvalue weighted by Gasteiger charge is 2.18. The van der Waals surface area contributed by atoms with Crippen LogP contribution < -0.4 is 5.73 Å². The molecule has 0 saturated heterocycles. The maximum absolute atomic E-state index is 12.0. The van der Waals surface area contributed by atoms with E-state index in [1.807, 2.05) is 20.8 Å². The molecule has 1 aromatic rings. The van der Waals surface area contributed by atoms with Crippen molar-refractivity contribution in [2.24, 2.45) is 5.73 Å². The molecule has 0 saturated carbocycles. The molecule has 1 heterocycles. The van der Waals surface area contributed by atoms with Gasteiger partial charge in [0.15, 0.2) is 0 Å². The summed E-state index contributed by atoms with van der Waals surface area (Å²) in [7, 11) is 0. The summed E-state index contributed by atoms with van der Waals surface area (Å²) >= 11 is 0. The van der Waals surface area contributed by atoms with Gasteiger partial charge in [0, 0.05) is 12.6 Å². The highest BCUT2D eigenvalue weighted by atomic mass is 35.5. The highest BCUT2D eigenvalue weighted by Crippen LogP contribution is 2.12. The predicted octanol–water partition coefficient (Wildman–Crippen LogP) is 2.03. The minimum Gasteiger partial charge on any atom is -0.467 e. The summed E-state index contributed by atoms with van der Waals surface area (Å²) < 4.78 is 5.14. The highest BCUT2D eigenvalue weighted by molar-refractivity contribution is 5.94. The fraction of sp³-hybridized carbons (Fsp3) is 0.545. The first-order chi connectivity index (χ1) is 7.10. The molecule has 4 nitrogen and oxygen atoms in total. The average molecular weight is 247 g/mol. The Balaban J connectivity index is 0.00000225. The van der Waals surface area contributed by atoms with Gasteiger partial charge in [-0.25, -0.2) is 0 Å². The minimum atomic E-state index is -0.00375. The number of carbonyl (C=O) groups excluding carboxylic acids is 1. The summed E-state index contributed by atoms with van der Waals surface area (Å²) in [6.07, 6.45) is 1.47. The second-order valence-corrected chi connectivity index (χ2v) is 3.69. The number of hydrogen-bond acceptors (Lipinski definition) is 3. The number of furan rings is 1. The van der Waals surface area contributed by atoms with E-state index in [9.17, 15) is 4.79 Å². The van der Waals surface area contributed by atoms with Crippen molar-refractivity contribution in [2.45, 2.75) is 33.4 Å². The lowest BCUT2D eigenvalue weighted by molar-refractivity contribution is 0.0716. The lowest BCUT2D eigenvalue weighted by Crippen LogP contribution is -2.36. The van der Waals surface area contributed by atoms with Crippen LogP contribution in [-0.2, 0) is 6.54 Å². The molecule has 2 N–H and O–H groups in total. The standard InChI is InChI=1S/C11H18N2O2.ClH/c1-4-13(8(2)3)11(14)9-5-10(6-12)15-7-9;/h5,7-8H,4,6,12H2,1-3H3;1H. The van der Waals surface area contributed by atoms with E-state index >= 15 is 0 Å². The summed E-state index contributed by atoms with van der Waals surface area (Å²) in [5.41, 5.74) is 5.99. The molecule has 0 spiro atoms. The van der Waals surface area contributed by atoms with Crippen LogP contribution in [0.25, 0.3) is 0 Å². The molecule has 0 unspecified atom stereocenters. The second kappa shape index (κ2) is 6.55. The van der Waals surface area contributed by atoms with Crippen LogP contribution >= 0.6 is 12.4 Å². The number of hydrogen-bond donors (Lipinski definition) is 1. The van der Waals surface area contributed by atoms with Gasteiger partial charge in [-0.1, -0.05) is 0 Å². The van der Waals surface area contributed by atoms with Crippen LogP contribution in [0.2, 0.25) is 0 Å². The van der Waals surface area contributed by atoms with Crippen molar-refractivity contribution in [3.63, 3.8) is 0 Å². The lowest BCUT2D eigenvalue weighted by atomic mass is 10.2. The van der Waals surface area contributed by atoms with E-state index in [-0.39, 0.29) is 24.4 Å². The fourth-order valence-electron chi connectivity index (χ4n) is 1.51. The molecule has 0 aliphatic carbocycles. The first-order valence-electron chi connectivity index (χ1n) is 5.18. The van der Waals surface area contributed by atoms with Crippen LogP contribution in [0.1, 0.15) is 36.9 Å². The van der Waals surface area contributed by atoms with E-state index in [0.29, 0.717) is 24.4 Å². The first kappa shape index (κ1) is 15.0. The number of rotatable bonds is 4. The normalized spacial score (nSPS) is 10.1. The maximum atomic E-state index is 12.0. The van der Waals surface area contributed by atoms with Gasteiger partial charge in [-0.2, -0.15) is 0 Å². The predicted molar refractivity (Wildman–Crippen MR) is 65.7 cm³/mol. The molecule has 0 aromatic carbocycles. The Morgan fingerprint density at radius 3 is 2.56 bits per heavy atom. The van der Waals surface area contributed by atoms with Gasteiger partial charge in [0.25, 0.3) is 5.91 Å². The van der Waals surface area contributed by atoms with Crippen molar-refractivity contribution < 1.29 is 9.21 Å². The monoisotopic (exact) mass is 246 g/mol. The van der Waals surface area contributed by atoms with Crippen molar-refractivity contribution in [1.82, 2.24) is 4.90 Å². The number of nitrogens with zero attached hydrogens (tertiary/aromatic N) is 1. The minimum absolute atomic E-state index is 0. The number of halogens is 1. The lowest BCUT2D eigenvalue weighted by Gasteiger charge is -2.24. The van der Waals surface area contributed by atoms with Crippen LogP contribution in [0.4, 0.5) is 0 Å².